The number of Topliss-reactive ketones (excluding diaryl/α,β-unsaturated/α-hetero) is 1. The molecule has 0 unspecified atom stereocenters. The first-order valence-corrected chi connectivity index (χ1v) is 12.4. The summed E-state index contributed by atoms with van der Waals surface area (Å²) in [4.78, 5) is 49.5. The standard InChI is InChI=1S/C26H32N2O4S/c1-19(30)27-24(16-21-11-7-4-8-12-21)26(32)28-23(13-14-33-2)25(31)17-22(18-29)15-20-9-5-3-6-10-20/h3-12,18,22-24H,13-17H2,1-2H3,(H,27,30)(H,28,32)/t22-,23+,24+/m1/s1. The molecule has 0 aliphatic carbocycles. The van der Waals surface area contributed by atoms with E-state index in [1.165, 1.54) is 6.92 Å². The number of thioether (sulfide) groups is 1. The van der Waals surface area contributed by atoms with E-state index in [-0.39, 0.29) is 18.1 Å². The topological polar surface area (TPSA) is 92.3 Å². The molecule has 0 bridgehead atoms. The molecule has 33 heavy (non-hydrogen) atoms. The van der Waals surface area contributed by atoms with Gasteiger partial charge in [-0.15, -0.1) is 0 Å². The molecular formula is C26H32N2O4S. The van der Waals surface area contributed by atoms with Crippen LogP contribution in [0, 0.1) is 5.92 Å². The molecular weight excluding hydrogens is 436 g/mol. The van der Waals surface area contributed by atoms with E-state index in [4.69, 9.17) is 0 Å². The number of benzene rings is 2. The van der Waals surface area contributed by atoms with Crippen LogP contribution in [0.1, 0.15) is 30.9 Å². The van der Waals surface area contributed by atoms with Crippen molar-refractivity contribution < 1.29 is 19.2 Å². The van der Waals surface area contributed by atoms with E-state index in [1.807, 2.05) is 66.9 Å². The van der Waals surface area contributed by atoms with E-state index in [9.17, 15) is 19.2 Å². The van der Waals surface area contributed by atoms with Crippen LogP contribution in [0.25, 0.3) is 0 Å². The van der Waals surface area contributed by atoms with Crippen LogP contribution in [0.3, 0.4) is 0 Å². The summed E-state index contributed by atoms with van der Waals surface area (Å²) in [7, 11) is 0. The smallest absolute Gasteiger partial charge is 0.243 e. The lowest BCUT2D eigenvalue weighted by Crippen LogP contribution is -2.52. The Morgan fingerprint density at radius 3 is 1.97 bits per heavy atom. The van der Waals surface area contributed by atoms with Crippen LogP contribution in [-0.4, -0.2) is 48.0 Å². The number of carbonyl (C=O) groups excluding carboxylic acids is 4. The van der Waals surface area contributed by atoms with Crippen LogP contribution < -0.4 is 10.6 Å². The summed E-state index contributed by atoms with van der Waals surface area (Å²) < 4.78 is 0. The summed E-state index contributed by atoms with van der Waals surface area (Å²) in [5.41, 5.74) is 1.89. The van der Waals surface area contributed by atoms with E-state index < -0.39 is 23.9 Å². The predicted molar refractivity (Wildman–Crippen MR) is 132 cm³/mol. The van der Waals surface area contributed by atoms with Gasteiger partial charge in [0, 0.05) is 25.7 Å². The van der Waals surface area contributed by atoms with Gasteiger partial charge in [0.15, 0.2) is 5.78 Å². The Bertz CT molecular complexity index is 905. The number of rotatable bonds is 14. The molecule has 2 amide bonds. The third kappa shape index (κ3) is 9.61. The molecule has 0 saturated carbocycles. The summed E-state index contributed by atoms with van der Waals surface area (Å²) in [6.07, 6.45) is 4.06. The zero-order chi connectivity index (χ0) is 24.1. The summed E-state index contributed by atoms with van der Waals surface area (Å²) in [5.74, 6) is -0.665. The van der Waals surface area contributed by atoms with Gasteiger partial charge in [-0.05, 0) is 36.0 Å². The van der Waals surface area contributed by atoms with E-state index in [0.29, 0.717) is 25.0 Å². The molecule has 0 saturated heterocycles. The van der Waals surface area contributed by atoms with Crippen molar-refractivity contribution >= 4 is 35.6 Å². The Balaban J connectivity index is 2.08. The molecule has 2 aromatic carbocycles. The van der Waals surface area contributed by atoms with Gasteiger partial charge in [-0.1, -0.05) is 60.7 Å². The van der Waals surface area contributed by atoms with Crippen LogP contribution in [0.4, 0.5) is 0 Å². The fourth-order valence-electron chi connectivity index (χ4n) is 3.61. The molecule has 0 aromatic heterocycles. The van der Waals surface area contributed by atoms with Crippen LogP contribution in [-0.2, 0) is 32.0 Å². The number of aldehydes is 1. The summed E-state index contributed by atoms with van der Waals surface area (Å²) in [5, 5.41) is 5.53. The van der Waals surface area contributed by atoms with Gasteiger partial charge in [-0.25, -0.2) is 0 Å². The molecule has 0 aliphatic heterocycles. The Morgan fingerprint density at radius 2 is 1.45 bits per heavy atom. The Morgan fingerprint density at radius 1 is 0.879 bits per heavy atom. The number of hydrogen-bond acceptors (Lipinski definition) is 5. The number of carbonyl (C=O) groups is 4. The Kier molecular flexibility index (Phi) is 11.4. The van der Waals surface area contributed by atoms with Crippen LogP contribution in [0.15, 0.2) is 60.7 Å². The molecule has 2 rings (SSSR count). The van der Waals surface area contributed by atoms with Gasteiger partial charge in [0.2, 0.25) is 11.8 Å². The second-order valence-electron chi connectivity index (χ2n) is 8.04. The molecule has 0 spiro atoms. The van der Waals surface area contributed by atoms with Gasteiger partial charge in [0.1, 0.15) is 12.3 Å². The zero-order valence-corrected chi connectivity index (χ0v) is 20.0. The van der Waals surface area contributed by atoms with Crippen molar-refractivity contribution in [3.8, 4) is 0 Å². The highest BCUT2D eigenvalue weighted by Gasteiger charge is 2.27. The Hall–Kier alpha value is -2.93. The summed E-state index contributed by atoms with van der Waals surface area (Å²) >= 11 is 1.58. The van der Waals surface area contributed by atoms with Gasteiger partial charge in [-0.3, -0.25) is 14.4 Å². The van der Waals surface area contributed by atoms with Crippen molar-refractivity contribution in [2.75, 3.05) is 12.0 Å². The van der Waals surface area contributed by atoms with E-state index in [0.717, 1.165) is 17.4 Å². The zero-order valence-electron chi connectivity index (χ0n) is 19.2. The molecule has 0 aliphatic rings. The molecule has 0 radical (unpaired) electrons. The number of nitrogens with one attached hydrogen (secondary N) is 2. The molecule has 0 heterocycles. The van der Waals surface area contributed by atoms with E-state index in [2.05, 4.69) is 10.6 Å². The highest BCUT2D eigenvalue weighted by Crippen LogP contribution is 2.14. The second kappa shape index (κ2) is 14.3. The van der Waals surface area contributed by atoms with Gasteiger partial charge in [-0.2, -0.15) is 11.8 Å². The lowest BCUT2D eigenvalue weighted by molar-refractivity contribution is -0.131. The molecule has 6 nitrogen and oxygen atoms in total. The maximum atomic E-state index is 13.1. The monoisotopic (exact) mass is 468 g/mol. The van der Waals surface area contributed by atoms with E-state index in [1.54, 1.807) is 11.8 Å². The van der Waals surface area contributed by atoms with E-state index >= 15 is 0 Å². The first-order valence-electron chi connectivity index (χ1n) is 11.0. The van der Waals surface area contributed by atoms with Crippen LogP contribution in [0.5, 0.6) is 0 Å². The largest absolute Gasteiger partial charge is 0.344 e. The fraction of sp³-hybridized carbons (Fsp3) is 0.385. The average Bonchev–Trinajstić information content (AvgIpc) is 2.81. The third-order valence-corrected chi connectivity index (χ3v) is 5.93. The second-order valence-corrected chi connectivity index (χ2v) is 9.03. The highest BCUT2D eigenvalue weighted by atomic mass is 32.2. The lowest BCUT2D eigenvalue weighted by Gasteiger charge is -2.23. The van der Waals surface area contributed by atoms with Crippen molar-refractivity contribution in [3.63, 3.8) is 0 Å². The van der Waals surface area contributed by atoms with Gasteiger partial charge < -0.3 is 15.4 Å². The summed E-state index contributed by atoms with van der Waals surface area (Å²) in [6, 6.07) is 17.4. The normalized spacial score (nSPS) is 13.4. The molecule has 3 atom stereocenters. The Labute approximate surface area is 199 Å². The average molecular weight is 469 g/mol. The third-order valence-electron chi connectivity index (χ3n) is 5.29. The molecule has 2 N–H and O–H groups in total. The van der Waals surface area contributed by atoms with Crippen molar-refractivity contribution in [2.24, 2.45) is 5.92 Å². The van der Waals surface area contributed by atoms with Gasteiger partial charge in [0.25, 0.3) is 0 Å². The lowest BCUT2D eigenvalue weighted by atomic mass is 9.92. The molecule has 2 aromatic rings. The SMILES string of the molecule is CSCC[C@H](NC(=O)[C@H](Cc1ccccc1)NC(C)=O)C(=O)C[C@H](C=O)Cc1ccccc1. The van der Waals surface area contributed by atoms with Crippen LogP contribution in [0.2, 0.25) is 0 Å². The van der Waals surface area contributed by atoms with Crippen molar-refractivity contribution in [3.05, 3.63) is 71.8 Å². The highest BCUT2D eigenvalue weighted by molar-refractivity contribution is 7.98. The number of hydrogen-bond donors (Lipinski definition) is 2. The predicted octanol–water partition coefficient (Wildman–Crippen LogP) is 2.99. The quantitative estimate of drug-likeness (QED) is 0.416. The minimum atomic E-state index is -0.791. The minimum absolute atomic E-state index is 0.0568. The fourth-order valence-corrected chi connectivity index (χ4v) is 4.08. The number of ketones is 1. The molecule has 0 fully saturated rings. The first kappa shape index (κ1) is 26.3. The van der Waals surface area contributed by atoms with Gasteiger partial charge >= 0.3 is 0 Å². The van der Waals surface area contributed by atoms with Gasteiger partial charge in [0.05, 0.1) is 6.04 Å². The first-order chi connectivity index (χ1) is 15.9. The number of amides is 2. The van der Waals surface area contributed by atoms with Crippen molar-refractivity contribution in [1.29, 1.82) is 0 Å². The van der Waals surface area contributed by atoms with Crippen molar-refractivity contribution in [2.45, 2.75) is 44.7 Å². The molecule has 176 valence electrons. The molecule has 7 heteroatoms. The maximum Gasteiger partial charge on any atom is 0.243 e. The maximum absolute atomic E-state index is 13.1. The van der Waals surface area contributed by atoms with Crippen molar-refractivity contribution in [1.82, 2.24) is 10.6 Å². The van der Waals surface area contributed by atoms with Crippen LogP contribution >= 0.6 is 11.8 Å². The minimum Gasteiger partial charge on any atom is -0.344 e. The summed E-state index contributed by atoms with van der Waals surface area (Å²) in [6.45, 7) is 1.36.